The first kappa shape index (κ1) is 28.6. The lowest BCUT2D eigenvalue weighted by molar-refractivity contribution is 0.0954. The van der Waals surface area contributed by atoms with Gasteiger partial charge in [0.05, 0.1) is 29.5 Å². The first-order chi connectivity index (χ1) is 17.6. The number of ether oxygens (including phenoxy) is 2. The number of nitrogens with zero attached hydrogens (tertiary/aromatic N) is 1. The monoisotopic (exact) mass is 584 g/mol. The van der Waals surface area contributed by atoms with Crippen LogP contribution in [0.1, 0.15) is 36.2 Å². The minimum atomic E-state index is -4.20. The van der Waals surface area contributed by atoms with Crippen molar-refractivity contribution in [2.75, 3.05) is 13.2 Å². The second kappa shape index (κ2) is 13.0. The number of hydrogen-bond donors (Lipinski definition) is 1. The van der Waals surface area contributed by atoms with Crippen LogP contribution in [0.15, 0.2) is 64.6 Å². The molecule has 0 unspecified atom stereocenters. The van der Waals surface area contributed by atoms with Crippen molar-refractivity contribution in [2.45, 2.75) is 25.2 Å². The Labute approximate surface area is 230 Å². The lowest BCUT2D eigenvalue weighted by atomic mass is 10.2. The molecule has 0 aliphatic heterocycles. The molecular formula is C25H23Cl3N2O6S. The molecule has 12 heteroatoms. The molecule has 0 saturated carbocycles. The second-order valence-electron chi connectivity index (χ2n) is 7.45. The van der Waals surface area contributed by atoms with Crippen LogP contribution >= 0.6 is 34.8 Å². The highest BCUT2D eigenvalue weighted by molar-refractivity contribution is 7.87. The van der Waals surface area contributed by atoms with Gasteiger partial charge in [-0.15, -0.1) is 0 Å². The highest BCUT2D eigenvalue weighted by atomic mass is 35.5. The molecular weight excluding hydrogens is 563 g/mol. The standard InChI is InChI=1S/C25H23Cl3N2O6S/c1-3-11-35-22-10-5-17(14-23(22)34-4-2)25(31)30-29-15-16-12-20(27)24(21(28)13-16)36-37(32,33)19-8-6-18(26)7-9-19/h5-10,12-15H,3-4,11H2,1-2H3,(H,30,31)/b29-15+. The molecule has 0 aliphatic rings. The highest BCUT2D eigenvalue weighted by Crippen LogP contribution is 2.36. The van der Waals surface area contributed by atoms with Gasteiger partial charge in [0.25, 0.3) is 5.91 Å². The van der Waals surface area contributed by atoms with Crippen LogP contribution < -0.4 is 19.1 Å². The van der Waals surface area contributed by atoms with E-state index in [0.717, 1.165) is 6.42 Å². The molecule has 0 fully saturated rings. The van der Waals surface area contributed by atoms with E-state index in [1.807, 2.05) is 13.8 Å². The van der Waals surface area contributed by atoms with Crippen LogP contribution in [0.2, 0.25) is 15.1 Å². The second-order valence-corrected chi connectivity index (χ2v) is 10.2. The molecule has 0 heterocycles. The Morgan fingerprint density at radius 2 is 1.62 bits per heavy atom. The zero-order chi connectivity index (χ0) is 27.0. The lowest BCUT2D eigenvalue weighted by Gasteiger charge is -2.12. The zero-order valence-electron chi connectivity index (χ0n) is 19.8. The van der Waals surface area contributed by atoms with Gasteiger partial charge in [-0.05, 0) is 73.5 Å². The summed E-state index contributed by atoms with van der Waals surface area (Å²) >= 11 is 18.2. The number of rotatable bonds is 11. The fraction of sp³-hybridized carbons (Fsp3) is 0.200. The maximum Gasteiger partial charge on any atom is 0.339 e. The average Bonchev–Trinajstić information content (AvgIpc) is 2.86. The smallest absolute Gasteiger partial charge is 0.339 e. The van der Waals surface area contributed by atoms with E-state index in [4.69, 9.17) is 48.5 Å². The molecule has 1 N–H and O–H groups in total. The van der Waals surface area contributed by atoms with Crippen LogP contribution in [-0.4, -0.2) is 33.8 Å². The molecule has 196 valence electrons. The molecule has 3 rings (SSSR count). The summed E-state index contributed by atoms with van der Waals surface area (Å²) in [5, 5.41) is 4.16. The molecule has 0 aromatic heterocycles. The highest BCUT2D eigenvalue weighted by Gasteiger charge is 2.21. The van der Waals surface area contributed by atoms with E-state index >= 15 is 0 Å². The van der Waals surface area contributed by atoms with Crippen molar-refractivity contribution in [2.24, 2.45) is 5.10 Å². The molecule has 0 bridgehead atoms. The summed E-state index contributed by atoms with van der Waals surface area (Å²) in [5.74, 6) is 0.280. The van der Waals surface area contributed by atoms with Crippen LogP contribution in [0.25, 0.3) is 0 Å². The minimum absolute atomic E-state index is 0.0677. The predicted octanol–water partition coefficient (Wildman–Crippen LogP) is 6.37. The van der Waals surface area contributed by atoms with Crippen LogP contribution in [0.5, 0.6) is 17.2 Å². The van der Waals surface area contributed by atoms with Crippen molar-refractivity contribution in [3.8, 4) is 17.2 Å². The van der Waals surface area contributed by atoms with Crippen LogP contribution in [0.3, 0.4) is 0 Å². The van der Waals surface area contributed by atoms with Crippen molar-refractivity contribution < 1.29 is 26.9 Å². The van der Waals surface area contributed by atoms with Gasteiger partial charge in [0, 0.05) is 10.6 Å². The van der Waals surface area contributed by atoms with E-state index in [1.165, 1.54) is 42.6 Å². The number of benzene rings is 3. The van der Waals surface area contributed by atoms with Crippen LogP contribution in [-0.2, 0) is 10.1 Å². The number of carbonyl (C=O) groups excluding carboxylic acids is 1. The van der Waals surface area contributed by atoms with E-state index in [9.17, 15) is 13.2 Å². The topological polar surface area (TPSA) is 103 Å². The molecule has 0 aliphatic carbocycles. The number of hydrogen-bond acceptors (Lipinski definition) is 7. The van der Waals surface area contributed by atoms with Crippen molar-refractivity contribution >= 4 is 57.0 Å². The Balaban J connectivity index is 1.71. The first-order valence-electron chi connectivity index (χ1n) is 11.1. The van der Waals surface area contributed by atoms with Crippen molar-refractivity contribution in [1.29, 1.82) is 0 Å². The van der Waals surface area contributed by atoms with Gasteiger partial charge in [-0.2, -0.15) is 13.5 Å². The summed E-state index contributed by atoms with van der Waals surface area (Å²) in [6.45, 7) is 4.76. The minimum Gasteiger partial charge on any atom is -0.490 e. The third-order valence-electron chi connectivity index (χ3n) is 4.66. The SMILES string of the molecule is CCCOc1ccc(C(=O)N/N=C/c2cc(Cl)c(OS(=O)(=O)c3ccc(Cl)cc3)c(Cl)c2)cc1OCC. The Morgan fingerprint density at radius 3 is 2.24 bits per heavy atom. The van der Waals surface area contributed by atoms with Crippen LogP contribution in [0.4, 0.5) is 0 Å². The van der Waals surface area contributed by atoms with Gasteiger partial charge in [-0.1, -0.05) is 41.7 Å². The van der Waals surface area contributed by atoms with Crippen LogP contribution in [0, 0.1) is 0 Å². The third-order valence-corrected chi connectivity index (χ3v) is 6.71. The number of hydrazone groups is 1. The van der Waals surface area contributed by atoms with Crippen molar-refractivity contribution in [3.05, 3.63) is 80.8 Å². The molecule has 0 radical (unpaired) electrons. The normalized spacial score (nSPS) is 11.4. The summed E-state index contributed by atoms with van der Waals surface area (Å²) in [4.78, 5) is 12.4. The van der Waals surface area contributed by atoms with Crippen molar-refractivity contribution in [1.82, 2.24) is 5.43 Å². The molecule has 0 spiro atoms. The van der Waals surface area contributed by atoms with Gasteiger partial charge >= 0.3 is 10.1 Å². The fourth-order valence-electron chi connectivity index (χ4n) is 2.97. The molecule has 0 atom stereocenters. The summed E-state index contributed by atoms with van der Waals surface area (Å²) in [6.07, 6.45) is 2.14. The molecule has 3 aromatic rings. The molecule has 1 amide bonds. The van der Waals surface area contributed by atoms with Gasteiger partial charge in [0.1, 0.15) is 4.90 Å². The summed E-state index contributed by atoms with van der Waals surface area (Å²) < 4.78 is 41.4. The maximum atomic E-state index is 12.5. The Hall–Kier alpha value is -2.98. The summed E-state index contributed by atoms with van der Waals surface area (Å²) in [7, 11) is -4.20. The van der Waals surface area contributed by atoms with E-state index in [2.05, 4.69) is 10.5 Å². The Bertz CT molecular complexity index is 1370. The first-order valence-corrected chi connectivity index (χ1v) is 13.6. The quantitative estimate of drug-likeness (QED) is 0.159. The van der Waals surface area contributed by atoms with Gasteiger partial charge < -0.3 is 13.7 Å². The van der Waals surface area contributed by atoms with Gasteiger partial charge in [-0.3, -0.25) is 4.79 Å². The zero-order valence-corrected chi connectivity index (χ0v) is 22.9. The van der Waals surface area contributed by atoms with Gasteiger partial charge in [0.15, 0.2) is 17.2 Å². The number of halogens is 3. The fourth-order valence-corrected chi connectivity index (χ4v) is 4.73. The summed E-state index contributed by atoms with van der Waals surface area (Å²) in [6, 6.07) is 13.0. The Kier molecular flexibility index (Phi) is 10.0. The van der Waals surface area contributed by atoms with E-state index in [0.29, 0.717) is 40.9 Å². The number of carbonyl (C=O) groups is 1. The molecule has 3 aromatic carbocycles. The molecule has 37 heavy (non-hydrogen) atoms. The largest absolute Gasteiger partial charge is 0.490 e. The van der Waals surface area contributed by atoms with Gasteiger partial charge in [0.2, 0.25) is 0 Å². The maximum absolute atomic E-state index is 12.5. The molecule has 8 nitrogen and oxygen atoms in total. The third kappa shape index (κ3) is 7.75. The number of amides is 1. The van der Waals surface area contributed by atoms with Crippen molar-refractivity contribution in [3.63, 3.8) is 0 Å². The van der Waals surface area contributed by atoms with Gasteiger partial charge in [-0.25, -0.2) is 5.43 Å². The number of nitrogens with one attached hydrogen (secondary N) is 1. The Morgan fingerprint density at radius 1 is 0.946 bits per heavy atom. The lowest BCUT2D eigenvalue weighted by Crippen LogP contribution is -2.17. The average molecular weight is 586 g/mol. The van der Waals surface area contributed by atoms with E-state index in [1.54, 1.807) is 18.2 Å². The van der Waals surface area contributed by atoms with E-state index in [-0.39, 0.29) is 20.7 Å². The predicted molar refractivity (Wildman–Crippen MR) is 144 cm³/mol. The van der Waals surface area contributed by atoms with E-state index < -0.39 is 16.0 Å². The summed E-state index contributed by atoms with van der Waals surface area (Å²) in [5.41, 5.74) is 3.12. The molecule has 0 saturated heterocycles.